The summed E-state index contributed by atoms with van der Waals surface area (Å²) in [6, 6.07) is 2.16. The maximum atomic E-state index is 6.26. The van der Waals surface area contributed by atoms with Gasteiger partial charge in [0, 0.05) is 39.5 Å². The fourth-order valence-electron chi connectivity index (χ4n) is 4.79. The van der Waals surface area contributed by atoms with Crippen LogP contribution in [-0.4, -0.2) is 23.4 Å². The molecule has 0 amide bonds. The minimum atomic E-state index is -0.613. The molecule has 0 radical (unpaired) electrons. The first-order valence-corrected chi connectivity index (χ1v) is 8.58. The van der Waals surface area contributed by atoms with Crippen molar-refractivity contribution < 1.29 is 18.4 Å². The summed E-state index contributed by atoms with van der Waals surface area (Å²) in [6.07, 6.45) is 8.06. The molecule has 4 rings (SSSR count). The highest BCUT2D eigenvalue weighted by Crippen LogP contribution is 2.57. The van der Waals surface area contributed by atoms with Gasteiger partial charge in [0.05, 0.1) is 19.4 Å². The molecule has 4 heteroatoms. The summed E-state index contributed by atoms with van der Waals surface area (Å²) in [5.41, 5.74) is 2.12. The van der Waals surface area contributed by atoms with Gasteiger partial charge < -0.3 is 13.9 Å². The maximum absolute atomic E-state index is 6.26. The van der Waals surface area contributed by atoms with Gasteiger partial charge in [-0.2, -0.15) is 0 Å². The molecule has 124 valence electrons. The first-order chi connectivity index (χ1) is 10.9. The summed E-state index contributed by atoms with van der Waals surface area (Å²) in [7, 11) is 0. The predicted molar refractivity (Wildman–Crippen MR) is 87.1 cm³/mol. The summed E-state index contributed by atoms with van der Waals surface area (Å²) in [5.74, 6) is 1.28. The number of ether oxygens (including phenoxy) is 2. The van der Waals surface area contributed by atoms with Crippen LogP contribution >= 0.6 is 0 Å². The van der Waals surface area contributed by atoms with E-state index in [0.717, 1.165) is 53.9 Å². The van der Waals surface area contributed by atoms with Crippen LogP contribution in [0.5, 0.6) is 0 Å². The van der Waals surface area contributed by atoms with Crippen LogP contribution in [0.2, 0.25) is 0 Å². The van der Waals surface area contributed by atoms with Gasteiger partial charge in [0.1, 0.15) is 12.0 Å². The fraction of sp³-hybridized carbons (Fsp3) is 0.579. The Labute approximate surface area is 138 Å². The second-order valence-electron chi connectivity index (χ2n) is 7.64. The molecule has 1 aromatic heterocycles. The first kappa shape index (κ1) is 14.9. The first-order valence-electron chi connectivity index (χ1n) is 8.58. The molecule has 3 aliphatic rings. The summed E-state index contributed by atoms with van der Waals surface area (Å²) in [4.78, 5) is 0. The van der Waals surface area contributed by atoms with Crippen LogP contribution in [0.3, 0.4) is 0 Å². The van der Waals surface area contributed by atoms with Crippen molar-refractivity contribution >= 4 is 0 Å². The average Bonchev–Trinajstić information content (AvgIpc) is 3.22. The van der Waals surface area contributed by atoms with Crippen LogP contribution in [0.1, 0.15) is 50.9 Å². The van der Waals surface area contributed by atoms with Crippen LogP contribution in [0.25, 0.3) is 0 Å². The van der Waals surface area contributed by atoms with Gasteiger partial charge in [-0.25, -0.2) is 0 Å². The quantitative estimate of drug-likeness (QED) is 0.761. The van der Waals surface area contributed by atoms with Gasteiger partial charge >= 0.3 is 0 Å². The van der Waals surface area contributed by atoms with Crippen LogP contribution in [0, 0.1) is 6.92 Å². The van der Waals surface area contributed by atoms with E-state index in [1.807, 2.05) is 26.4 Å². The molecule has 4 heterocycles. The zero-order chi connectivity index (χ0) is 16.3. The Morgan fingerprint density at radius 1 is 1.22 bits per heavy atom. The molecular formula is C19H26NO3+. The Balaban J connectivity index is 1.90. The standard InChI is InChI=1S/C19H26NO3/c1-14-11-16(21-12-14)19(17-13-22-18(3,4)23-17)8-6-10-20(19)9-5-7-15(20)2/h11-13H,2,5-10H2,1,3-4H3/q+1. The highest BCUT2D eigenvalue weighted by molar-refractivity contribution is 5.29. The van der Waals surface area contributed by atoms with Crippen molar-refractivity contribution in [3.63, 3.8) is 0 Å². The third-order valence-electron chi connectivity index (χ3n) is 5.77. The van der Waals surface area contributed by atoms with Crippen LogP contribution in [-0.2, 0) is 15.0 Å². The van der Waals surface area contributed by atoms with Gasteiger partial charge in [-0.05, 0) is 25.1 Å². The van der Waals surface area contributed by atoms with Crippen molar-refractivity contribution in [2.75, 3.05) is 13.1 Å². The Bertz CT molecular complexity index is 683. The lowest BCUT2D eigenvalue weighted by Gasteiger charge is -2.45. The number of hydrogen-bond acceptors (Lipinski definition) is 3. The van der Waals surface area contributed by atoms with Crippen LogP contribution in [0.4, 0.5) is 0 Å². The van der Waals surface area contributed by atoms with Crippen molar-refractivity contribution in [2.45, 2.75) is 57.8 Å². The zero-order valence-corrected chi connectivity index (χ0v) is 14.4. The van der Waals surface area contributed by atoms with Gasteiger partial charge in [-0.3, -0.25) is 4.48 Å². The van der Waals surface area contributed by atoms with Crippen molar-refractivity contribution in [3.05, 3.63) is 48.0 Å². The largest absolute Gasteiger partial charge is 0.462 e. The van der Waals surface area contributed by atoms with Gasteiger partial charge in [0.2, 0.25) is 17.1 Å². The Hall–Kier alpha value is -1.68. The molecule has 3 aliphatic heterocycles. The van der Waals surface area contributed by atoms with E-state index in [9.17, 15) is 0 Å². The molecule has 1 aromatic rings. The topological polar surface area (TPSA) is 31.6 Å². The number of furan rings is 1. The molecule has 1 spiro atoms. The normalized spacial score (nSPS) is 35.4. The smallest absolute Gasteiger partial charge is 0.245 e. The van der Waals surface area contributed by atoms with E-state index < -0.39 is 5.79 Å². The molecule has 23 heavy (non-hydrogen) atoms. The third-order valence-corrected chi connectivity index (χ3v) is 5.77. The molecule has 2 unspecified atom stereocenters. The summed E-state index contributed by atoms with van der Waals surface area (Å²) in [6.45, 7) is 12.6. The van der Waals surface area contributed by atoms with E-state index in [1.54, 1.807) is 0 Å². The number of aryl methyl sites for hydroxylation is 1. The lowest BCUT2D eigenvalue weighted by Crippen LogP contribution is -2.56. The van der Waals surface area contributed by atoms with Crippen molar-refractivity contribution in [2.24, 2.45) is 0 Å². The molecule has 0 saturated carbocycles. The Kier molecular flexibility index (Phi) is 3.02. The fourth-order valence-corrected chi connectivity index (χ4v) is 4.79. The van der Waals surface area contributed by atoms with Gasteiger partial charge in [-0.1, -0.05) is 0 Å². The number of rotatable bonds is 2. The van der Waals surface area contributed by atoms with Gasteiger partial charge in [0.15, 0.2) is 5.76 Å². The monoisotopic (exact) mass is 316 g/mol. The lowest BCUT2D eigenvalue weighted by molar-refractivity contribution is -0.925. The van der Waals surface area contributed by atoms with Gasteiger partial charge in [0.25, 0.3) is 0 Å². The third kappa shape index (κ3) is 1.87. The minimum absolute atomic E-state index is 0.324. The SMILES string of the molecule is C=C1CCC[N+]12CCCC2(C1=COC(C)(C)O1)c1cc(C)co1. The van der Waals surface area contributed by atoms with E-state index in [4.69, 9.17) is 13.9 Å². The molecular weight excluding hydrogens is 290 g/mol. The lowest BCUT2D eigenvalue weighted by atomic mass is 9.88. The molecule has 0 bridgehead atoms. The number of hydrogen-bond donors (Lipinski definition) is 0. The average molecular weight is 316 g/mol. The zero-order valence-electron chi connectivity index (χ0n) is 14.4. The van der Waals surface area contributed by atoms with Crippen molar-refractivity contribution in [3.8, 4) is 0 Å². The highest BCUT2D eigenvalue weighted by atomic mass is 16.7. The molecule has 0 N–H and O–H groups in total. The van der Waals surface area contributed by atoms with E-state index >= 15 is 0 Å². The Morgan fingerprint density at radius 3 is 2.57 bits per heavy atom. The predicted octanol–water partition coefficient (Wildman–Crippen LogP) is 4.33. The van der Waals surface area contributed by atoms with Crippen molar-refractivity contribution in [1.82, 2.24) is 0 Å². The number of nitrogens with zero attached hydrogens (tertiary/aromatic N) is 1. The van der Waals surface area contributed by atoms with Crippen LogP contribution < -0.4 is 0 Å². The van der Waals surface area contributed by atoms with E-state index in [-0.39, 0.29) is 5.54 Å². The molecule has 2 saturated heterocycles. The number of allylic oxidation sites excluding steroid dienone is 1. The van der Waals surface area contributed by atoms with E-state index in [1.165, 1.54) is 12.1 Å². The number of quaternary nitrogens is 1. The molecule has 2 atom stereocenters. The van der Waals surface area contributed by atoms with Crippen molar-refractivity contribution in [1.29, 1.82) is 0 Å². The van der Waals surface area contributed by atoms with Gasteiger partial charge in [-0.15, -0.1) is 0 Å². The Morgan fingerprint density at radius 2 is 2.00 bits per heavy atom. The van der Waals surface area contributed by atoms with E-state index in [2.05, 4.69) is 19.6 Å². The minimum Gasteiger partial charge on any atom is -0.462 e. The molecule has 2 fully saturated rings. The summed E-state index contributed by atoms with van der Waals surface area (Å²) < 4.78 is 18.9. The highest BCUT2D eigenvalue weighted by Gasteiger charge is 2.66. The molecule has 0 aliphatic carbocycles. The second-order valence-corrected chi connectivity index (χ2v) is 7.64. The second kappa shape index (κ2) is 4.67. The summed E-state index contributed by atoms with van der Waals surface area (Å²) >= 11 is 0. The van der Waals surface area contributed by atoms with E-state index in [0.29, 0.717) is 0 Å². The molecule has 4 nitrogen and oxygen atoms in total. The van der Waals surface area contributed by atoms with Crippen LogP contribution in [0.15, 0.2) is 41.0 Å². The summed E-state index contributed by atoms with van der Waals surface area (Å²) in [5, 5.41) is 0. The maximum Gasteiger partial charge on any atom is 0.245 e. The molecule has 0 aromatic carbocycles.